The van der Waals surface area contributed by atoms with Gasteiger partial charge in [-0.05, 0) is 46.1 Å². The van der Waals surface area contributed by atoms with Crippen molar-refractivity contribution >= 4 is 27.5 Å². The van der Waals surface area contributed by atoms with Gasteiger partial charge in [-0.3, -0.25) is 0 Å². The smallest absolute Gasteiger partial charge is 0.329 e. The van der Waals surface area contributed by atoms with E-state index in [4.69, 9.17) is 21.1 Å². The summed E-state index contributed by atoms with van der Waals surface area (Å²) in [6.07, 6.45) is 0.851. The lowest BCUT2D eigenvalue weighted by Crippen LogP contribution is -2.03. The van der Waals surface area contributed by atoms with E-state index in [0.29, 0.717) is 12.4 Å². The van der Waals surface area contributed by atoms with Gasteiger partial charge in [0.1, 0.15) is 5.75 Å². The topological polar surface area (TPSA) is 57.1 Å². The van der Waals surface area contributed by atoms with Gasteiger partial charge < -0.3 is 9.47 Å². The quantitative estimate of drug-likeness (QED) is 0.824. The van der Waals surface area contributed by atoms with Crippen LogP contribution in [0.15, 0.2) is 28.7 Å². The molecule has 1 aromatic heterocycles. The first-order chi connectivity index (χ1) is 9.19. The Hall–Kier alpha value is -1.40. The summed E-state index contributed by atoms with van der Waals surface area (Å²) in [5.41, 5.74) is 0. The van der Waals surface area contributed by atoms with E-state index >= 15 is 0 Å². The van der Waals surface area contributed by atoms with Crippen LogP contribution < -0.4 is 9.47 Å². The summed E-state index contributed by atoms with van der Waals surface area (Å²) in [5, 5.41) is 0.0307. The summed E-state index contributed by atoms with van der Waals surface area (Å²) in [7, 11) is 0. The normalized spacial score (nSPS) is 10.3. The number of halogens is 2. The van der Waals surface area contributed by atoms with Crippen molar-refractivity contribution in [3.8, 4) is 17.8 Å². The molecule has 0 unspecified atom stereocenters. The molecule has 2 aromatic rings. The fourth-order valence-corrected chi connectivity index (χ4v) is 1.75. The Morgan fingerprint density at radius 3 is 2.63 bits per heavy atom. The number of aromatic nitrogens is 3. The van der Waals surface area contributed by atoms with Crippen molar-refractivity contribution in [1.82, 2.24) is 15.0 Å². The van der Waals surface area contributed by atoms with Gasteiger partial charge in [0.05, 0.1) is 11.1 Å². The highest BCUT2D eigenvalue weighted by atomic mass is 79.9. The van der Waals surface area contributed by atoms with E-state index < -0.39 is 0 Å². The Morgan fingerprint density at radius 2 is 1.89 bits per heavy atom. The number of hydrogen-bond donors (Lipinski definition) is 0. The van der Waals surface area contributed by atoms with Gasteiger partial charge in [-0.25, -0.2) is 0 Å². The minimum absolute atomic E-state index is 0.0307. The molecule has 0 radical (unpaired) electrons. The number of para-hydroxylation sites is 1. The molecule has 0 amide bonds. The summed E-state index contributed by atoms with van der Waals surface area (Å²) in [5.74, 6) is 0.589. The molecule has 100 valence electrons. The largest absolute Gasteiger partial charge is 0.463 e. The predicted octanol–water partition coefficient (Wildman–Crippen LogP) is 3.87. The van der Waals surface area contributed by atoms with Gasteiger partial charge in [0.15, 0.2) is 0 Å². The van der Waals surface area contributed by atoms with E-state index in [1.807, 2.05) is 25.1 Å². The maximum atomic E-state index is 5.80. The monoisotopic (exact) mass is 343 g/mol. The summed E-state index contributed by atoms with van der Waals surface area (Å²) in [6.45, 7) is 2.50. The molecule has 0 saturated carbocycles. The van der Waals surface area contributed by atoms with E-state index in [-0.39, 0.29) is 17.3 Å². The number of ether oxygens (including phenoxy) is 2. The van der Waals surface area contributed by atoms with Gasteiger partial charge in [0, 0.05) is 0 Å². The van der Waals surface area contributed by atoms with Crippen LogP contribution in [0.5, 0.6) is 17.8 Å². The van der Waals surface area contributed by atoms with Crippen LogP contribution in [0, 0.1) is 0 Å². The zero-order valence-corrected chi connectivity index (χ0v) is 12.5. The lowest BCUT2D eigenvalue weighted by atomic mass is 10.3. The predicted molar refractivity (Wildman–Crippen MR) is 74.8 cm³/mol. The minimum atomic E-state index is 0.0307. The third-order valence-corrected chi connectivity index (χ3v) is 2.86. The lowest BCUT2D eigenvalue weighted by molar-refractivity contribution is 0.284. The van der Waals surface area contributed by atoms with E-state index in [0.717, 1.165) is 10.9 Å². The highest BCUT2D eigenvalue weighted by molar-refractivity contribution is 9.10. The maximum Gasteiger partial charge on any atom is 0.329 e. The second-order valence-electron chi connectivity index (χ2n) is 3.55. The molecule has 0 saturated heterocycles. The van der Waals surface area contributed by atoms with Gasteiger partial charge in [0.2, 0.25) is 5.28 Å². The van der Waals surface area contributed by atoms with Crippen LogP contribution in [0.2, 0.25) is 5.28 Å². The molecule has 0 bridgehead atoms. The average molecular weight is 345 g/mol. The van der Waals surface area contributed by atoms with Crippen LogP contribution >= 0.6 is 27.5 Å². The van der Waals surface area contributed by atoms with Gasteiger partial charge >= 0.3 is 12.0 Å². The SMILES string of the molecule is CCCOc1nc(Cl)nc(Oc2ccccc2Br)n1. The fourth-order valence-electron chi connectivity index (χ4n) is 1.24. The van der Waals surface area contributed by atoms with E-state index in [1.54, 1.807) is 6.07 Å². The fraction of sp³-hybridized carbons (Fsp3) is 0.250. The van der Waals surface area contributed by atoms with Gasteiger partial charge in [-0.2, -0.15) is 9.97 Å². The number of benzene rings is 1. The van der Waals surface area contributed by atoms with Gasteiger partial charge in [-0.15, -0.1) is 4.98 Å². The minimum Gasteiger partial charge on any atom is -0.463 e. The average Bonchev–Trinajstić information content (AvgIpc) is 2.38. The first-order valence-corrected chi connectivity index (χ1v) is 6.83. The van der Waals surface area contributed by atoms with E-state index in [1.165, 1.54) is 0 Å². The third-order valence-electron chi connectivity index (χ3n) is 2.04. The Labute approximate surface area is 124 Å². The molecule has 0 spiro atoms. The molecule has 0 aliphatic rings. The van der Waals surface area contributed by atoms with Crippen LogP contribution in [0.4, 0.5) is 0 Å². The van der Waals surface area contributed by atoms with Gasteiger partial charge in [-0.1, -0.05) is 19.1 Å². The summed E-state index contributed by atoms with van der Waals surface area (Å²) >= 11 is 9.17. The zero-order chi connectivity index (χ0) is 13.7. The van der Waals surface area contributed by atoms with E-state index in [2.05, 4.69) is 30.9 Å². The van der Waals surface area contributed by atoms with Crippen LogP contribution in [0.25, 0.3) is 0 Å². The maximum absolute atomic E-state index is 5.80. The highest BCUT2D eigenvalue weighted by Crippen LogP contribution is 2.28. The molecule has 0 aliphatic carbocycles. The molecule has 1 heterocycles. The highest BCUT2D eigenvalue weighted by Gasteiger charge is 2.09. The molecule has 2 rings (SSSR count). The van der Waals surface area contributed by atoms with Crippen LogP contribution in [-0.4, -0.2) is 21.6 Å². The summed E-state index contributed by atoms with van der Waals surface area (Å²) in [4.78, 5) is 11.8. The molecular weight excluding hydrogens is 334 g/mol. The van der Waals surface area contributed by atoms with Gasteiger partial charge in [0.25, 0.3) is 0 Å². The Balaban J connectivity index is 2.20. The molecule has 19 heavy (non-hydrogen) atoms. The number of hydrogen-bond acceptors (Lipinski definition) is 5. The molecule has 7 heteroatoms. The lowest BCUT2D eigenvalue weighted by Gasteiger charge is -2.07. The Bertz CT molecular complexity index is 568. The number of nitrogens with zero attached hydrogens (tertiary/aromatic N) is 3. The van der Waals surface area contributed by atoms with Crippen molar-refractivity contribution in [2.75, 3.05) is 6.61 Å². The summed E-state index contributed by atoms with van der Waals surface area (Å²) < 4.78 is 11.6. The van der Waals surface area contributed by atoms with Crippen molar-refractivity contribution in [1.29, 1.82) is 0 Å². The molecule has 0 fully saturated rings. The molecule has 0 aliphatic heterocycles. The summed E-state index contributed by atoms with van der Waals surface area (Å²) in [6, 6.07) is 7.62. The zero-order valence-electron chi connectivity index (χ0n) is 10.1. The van der Waals surface area contributed by atoms with Crippen LogP contribution in [0.3, 0.4) is 0 Å². The van der Waals surface area contributed by atoms with Crippen molar-refractivity contribution in [2.24, 2.45) is 0 Å². The molecular formula is C12H11BrClN3O2. The standard InChI is InChI=1S/C12H11BrClN3O2/c1-2-7-18-11-15-10(14)16-12(17-11)19-9-6-4-3-5-8(9)13/h3-6H,2,7H2,1H3. The van der Waals surface area contributed by atoms with Crippen molar-refractivity contribution in [3.05, 3.63) is 34.0 Å². The Kier molecular flexibility index (Phi) is 4.93. The molecule has 0 atom stereocenters. The second kappa shape index (κ2) is 6.68. The first kappa shape index (κ1) is 14.0. The first-order valence-electron chi connectivity index (χ1n) is 5.66. The van der Waals surface area contributed by atoms with Crippen molar-refractivity contribution in [3.63, 3.8) is 0 Å². The number of rotatable bonds is 5. The second-order valence-corrected chi connectivity index (χ2v) is 4.74. The third kappa shape index (κ3) is 4.04. The molecule has 1 aromatic carbocycles. The van der Waals surface area contributed by atoms with Crippen LogP contribution in [-0.2, 0) is 0 Å². The van der Waals surface area contributed by atoms with Crippen molar-refractivity contribution < 1.29 is 9.47 Å². The Morgan fingerprint density at radius 1 is 1.16 bits per heavy atom. The molecule has 5 nitrogen and oxygen atoms in total. The van der Waals surface area contributed by atoms with Crippen molar-refractivity contribution in [2.45, 2.75) is 13.3 Å². The van der Waals surface area contributed by atoms with E-state index in [9.17, 15) is 0 Å². The molecule has 0 N–H and O–H groups in total. The van der Waals surface area contributed by atoms with Crippen LogP contribution in [0.1, 0.15) is 13.3 Å².